The molecule has 3 aromatic rings. The molecule has 0 radical (unpaired) electrons. The van der Waals surface area contributed by atoms with Gasteiger partial charge in [-0.3, -0.25) is 4.98 Å². The minimum Gasteiger partial charge on any atom is -0.494 e. The summed E-state index contributed by atoms with van der Waals surface area (Å²) in [6.45, 7) is 2.21. The van der Waals surface area contributed by atoms with Crippen molar-refractivity contribution >= 4 is 17.3 Å². The summed E-state index contributed by atoms with van der Waals surface area (Å²) >= 11 is 1.61. The first-order valence-corrected chi connectivity index (χ1v) is 8.81. The van der Waals surface area contributed by atoms with Gasteiger partial charge in [0.1, 0.15) is 17.0 Å². The quantitative estimate of drug-likeness (QED) is 0.479. The molecule has 6 nitrogen and oxygen atoms in total. The maximum absolute atomic E-state index is 12.3. The van der Waals surface area contributed by atoms with Crippen molar-refractivity contribution in [3.63, 3.8) is 0 Å². The molecular weight excluding hydrogens is 338 g/mol. The molecule has 0 saturated carbocycles. The number of nitrogens with zero attached hydrogens (tertiary/aromatic N) is 3. The lowest BCUT2D eigenvalue weighted by atomic mass is 10.2. The maximum Gasteiger partial charge on any atom is 0.341 e. The van der Waals surface area contributed by atoms with Crippen LogP contribution in [0.15, 0.2) is 42.2 Å². The number of esters is 1. The molecule has 7 heteroatoms. The zero-order valence-corrected chi connectivity index (χ0v) is 15.0. The van der Waals surface area contributed by atoms with Crippen molar-refractivity contribution in [3.8, 4) is 11.4 Å². The zero-order chi connectivity index (χ0) is 17.6. The molecule has 2 aromatic heterocycles. The summed E-state index contributed by atoms with van der Waals surface area (Å²) in [5.41, 5.74) is 3.77. The molecule has 0 unspecified atom stereocenters. The van der Waals surface area contributed by atoms with Crippen LogP contribution in [-0.2, 0) is 11.2 Å². The van der Waals surface area contributed by atoms with Crippen LogP contribution in [0.2, 0.25) is 0 Å². The molecule has 0 saturated heterocycles. The number of carbonyl (C=O) groups excluding carboxylic acids is 1. The number of benzene rings is 1. The van der Waals surface area contributed by atoms with Crippen LogP contribution in [0.3, 0.4) is 0 Å². The highest BCUT2D eigenvalue weighted by Crippen LogP contribution is 2.24. The summed E-state index contributed by atoms with van der Waals surface area (Å²) in [5.74, 6) is 0.334. The number of thiazole rings is 1. The molecule has 130 valence electrons. The molecule has 0 atom stereocenters. The van der Waals surface area contributed by atoms with E-state index in [2.05, 4.69) is 10.1 Å². The van der Waals surface area contributed by atoms with Gasteiger partial charge in [-0.25, -0.2) is 9.48 Å². The van der Waals surface area contributed by atoms with Gasteiger partial charge in [0.05, 0.1) is 31.1 Å². The van der Waals surface area contributed by atoms with Gasteiger partial charge in [-0.2, -0.15) is 5.10 Å². The summed E-state index contributed by atoms with van der Waals surface area (Å²) in [5, 5.41) is 4.31. The summed E-state index contributed by atoms with van der Waals surface area (Å²) < 4.78 is 12.4. The Morgan fingerprint density at radius 1 is 1.28 bits per heavy atom. The minimum atomic E-state index is -0.358. The van der Waals surface area contributed by atoms with Crippen molar-refractivity contribution in [2.75, 3.05) is 13.7 Å². The summed E-state index contributed by atoms with van der Waals surface area (Å²) in [6.07, 6.45) is 5.01. The number of ether oxygens (including phenoxy) is 2. The van der Waals surface area contributed by atoms with Crippen molar-refractivity contribution in [1.29, 1.82) is 0 Å². The van der Waals surface area contributed by atoms with Crippen molar-refractivity contribution in [2.45, 2.75) is 19.8 Å². The van der Waals surface area contributed by atoms with E-state index in [0.29, 0.717) is 17.9 Å². The molecule has 0 aliphatic carbocycles. The van der Waals surface area contributed by atoms with Gasteiger partial charge < -0.3 is 9.47 Å². The predicted octanol–water partition coefficient (Wildman–Crippen LogP) is 3.44. The van der Waals surface area contributed by atoms with Crippen molar-refractivity contribution < 1.29 is 14.3 Å². The highest BCUT2D eigenvalue weighted by Gasteiger charge is 2.18. The van der Waals surface area contributed by atoms with Crippen LogP contribution in [0.25, 0.3) is 5.69 Å². The van der Waals surface area contributed by atoms with E-state index in [1.165, 1.54) is 11.1 Å². The molecule has 0 N–H and O–H groups in total. The zero-order valence-electron chi connectivity index (χ0n) is 14.1. The van der Waals surface area contributed by atoms with Gasteiger partial charge in [-0.1, -0.05) is 12.1 Å². The van der Waals surface area contributed by atoms with Crippen LogP contribution in [0.4, 0.5) is 0 Å². The first kappa shape index (κ1) is 17.2. The number of rotatable bonds is 7. The van der Waals surface area contributed by atoms with E-state index in [0.717, 1.165) is 24.2 Å². The summed E-state index contributed by atoms with van der Waals surface area (Å²) in [7, 11) is 1.61. The Bertz CT molecular complexity index is 843. The number of methoxy groups -OCH3 is 1. The smallest absolute Gasteiger partial charge is 0.341 e. The lowest BCUT2D eigenvalue weighted by Crippen LogP contribution is -2.09. The molecule has 0 aliphatic heterocycles. The number of carbonyl (C=O) groups is 1. The van der Waals surface area contributed by atoms with Gasteiger partial charge >= 0.3 is 5.97 Å². The molecule has 3 rings (SSSR count). The van der Waals surface area contributed by atoms with Gasteiger partial charge in [0.2, 0.25) is 0 Å². The third kappa shape index (κ3) is 3.88. The van der Waals surface area contributed by atoms with Gasteiger partial charge in [-0.05, 0) is 31.9 Å². The number of hydrogen-bond donors (Lipinski definition) is 0. The second kappa shape index (κ2) is 7.94. The van der Waals surface area contributed by atoms with Gasteiger partial charge in [0.15, 0.2) is 0 Å². The molecule has 0 spiro atoms. The average molecular weight is 357 g/mol. The third-order valence-electron chi connectivity index (χ3n) is 3.83. The van der Waals surface area contributed by atoms with Crippen LogP contribution in [-0.4, -0.2) is 34.5 Å². The Kier molecular flexibility index (Phi) is 5.45. The first-order chi connectivity index (χ1) is 12.2. The molecule has 25 heavy (non-hydrogen) atoms. The summed E-state index contributed by atoms with van der Waals surface area (Å²) in [4.78, 5) is 17.5. The van der Waals surface area contributed by atoms with Crippen molar-refractivity contribution in [3.05, 3.63) is 58.3 Å². The van der Waals surface area contributed by atoms with Crippen LogP contribution in [0, 0.1) is 6.92 Å². The van der Waals surface area contributed by atoms with E-state index >= 15 is 0 Å². The van der Waals surface area contributed by atoms with E-state index in [4.69, 9.17) is 9.47 Å². The van der Waals surface area contributed by atoms with Gasteiger partial charge in [0.25, 0.3) is 0 Å². The van der Waals surface area contributed by atoms with Crippen LogP contribution >= 0.6 is 11.3 Å². The Balaban J connectivity index is 1.65. The monoisotopic (exact) mass is 357 g/mol. The van der Waals surface area contributed by atoms with E-state index in [1.54, 1.807) is 28.6 Å². The van der Waals surface area contributed by atoms with Gasteiger partial charge in [0, 0.05) is 11.1 Å². The molecule has 0 bridgehead atoms. The fourth-order valence-electron chi connectivity index (χ4n) is 2.51. The third-order valence-corrected chi connectivity index (χ3v) is 4.67. The Morgan fingerprint density at radius 2 is 2.12 bits per heavy atom. The Morgan fingerprint density at radius 3 is 2.88 bits per heavy atom. The van der Waals surface area contributed by atoms with Crippen LogP contribution in [0.1, 0.15) is 27.3 Å². The number of aryl methyl sites for hydroxylation is 1. The van der Waals surface area contributed by atoms with Crippen molar-refractivity contribution in [1.82, 2.24) is 14.8 Å². The van der Waals surface area contributed by atoms with Crippen molar-refractivity contribution in [2.24, 2.45) is 0 Å². The van der Waals surface area contributed by atoms with E-state index < -0.39 is 0 Å². The van der Waals surface area contributed by atoms with Crippen LogP contribution < -0.4 is 4.74 Å². The molecular formula is C18H19N3O3S. The van der Waals surface area contributed by atoms with E-state index in [9.17, 15) is 4.79 Å². The minimum absolute atomic E-state index is 0.358. The lowest BCUT2D eigenvalue weighted by Gasteiger charge is -2.10. The fourth-order valence-corrected chi connectivity index (χ4v) is 3.15. The first-order valence-electron chi connectivity index (χ1n) is 7.93. The summed E-state index contributed by atoms with van der Waals surface area (Å²) in [6, 6.07) is 7.53. The molecule has 0 aliphatic rings. The predicted molar refractivity (Wildman–Crippen MR) is 95.6 cm³/mol. The largest absolute Gasteiger partial charge is 0.494 e. The van der Waals surface area contributed by atoms with Crippen LogP contribution in [0.5, 0.6) is 5.75 Å². The average Bonchev–Trinajstić information content (AvgIpc) is 3.28. The van der Waals surface area contributed by atoms with E-state index in [-0.39, 0.29) is 5.97 Å². The fraction of sp³-hybridized carbons (Fsp3) is 0.278. The highest BCUT2D eigenvalue weighted by molar-refractivity contribution is 7.09. The maximum atomic E-state index is 12.3. The second-order valence-corrected chi connectivity index (χ2v) is 6.41. The molecule has 0 amide bonds. The molecule has 0 fully saturated rings. The number of hydrogen-bond acceptors (Lipinski definition) is 6. The topological polar surface area (TPSA) is 66.2 Å². The lowest BCUT2D eigenvalue weighted by molar-refractivity contribution is 0.0500. The normalized spacial score (nSPS) is 10.6. The van der Waals surface area contributed by atoms with E-state index in [1.807, 2.05) is 37.4 Å². The Labute approximate surface area is 150 Å². The number of para-hydroxylation sites is 2. The number of aromatic nitrogens is 3. The second-order valence-electron chi connectivity index (χ2n) is 5.43. The molecule has 2 heterocycles. The standard InChI is InChI=1S/C18H19N3O3S/c1-13-15(18(22)24-9-5-6-14-10-19-12-25-14)11-20-21(13)16-7-3-4-8-17(16)23-2/h3-4,7-8,10-12H,5-6,9H2,1-2H3. The highest BCUT2D eigenvalue weighted by atomic mass is 32.1. The molecule has 1 aromatic carbocycles. The Hall–Kier alpha value is -2.67. The SMILES string of the molecule is COc1ccccc1-n1ncc(C(=O)OCCCc2cncs2)c1C. The van der Waals surface area contributed by atoms with Gasteiger partial charge in [-0.15, -0.1) is 11.3 Å².